The van der Waals surface area contributed by atoms with E-state index < -0.39 is 18.0 Å². The van der Waals surface area contributed by atoms with E-state index >= 15 is 0 Å². The Morgan fingerprint density at radius 3 is 2.37 bits per heavy atom. The molecule has 2 rings (SSSR count). The fourth-order valence-corrected chi connectivity index (χ4v) is 3.12. The van der Waals surface area contributed by atoms with Gasteiger partial charge in [-0.1, -0.05) is 12.8 Å². The zero-order chi connectivity index (χ0) is 14.0. The van der Waals surface area contributed by atoms with E-state index in [1.165, 1.54) is 0 Å². The van der Waals surface area contributed by atoms with Crippen LogP contribution in [0.25, 0.3) is 0 Å². The van der Waals surface area contributed by atoms with Crippen molar-refractivity contribution < 1.29 is 18.0 Å². The van der Waals surface area contributed by atoms with Crippen molar-refractivity contribution in [2.24, 2.45) is 11.8 Å². The van der Waals surface area contributed by atoms with Crippen LogP contribution < -0.4 is 5.32 Å². The highest BCUT2D eigenvalue weighted by atomic mass is 19.4. The smallest absolute Gasteiger partial charge is 0.337 e. The summed E-state index contributed by atoms with van der Waals surface area (Å²) >= 11 is 0. The van der Waals surface area contributed by atoms with Gasteiger partial charge in [0.2, 0.25) is 5.91 Å². The van der Waals surface area contributed by atoms with Gasteiger partial charge in [-0.3, -0.25) is 4.79 Å². The molecule has 1 aliphatic carbocycles. The fourth-order valence-electron chi connectivity index (χ4n) is 3.12. The highest BCUT2D eigenvalue weighted by molar-refractivity contribution is 5.80. The minimum absolute atomic E-state index is 0.0771. The lowest BCUT2D eigenvalue weighted by molar-refractivity contribution is -0.201. The van der Waals surface area contributed by atoms with Crippen LogP contribution in [0.2, 0.25) is 0 Å². The highest BCUT2D eigenvalue weighted by Crippen LogP contribution is 2.42. The number of nitrogens with one attached hydrogen (secondary N) is 1. The molecule has 2 atom stereocenters. The summed E-state index contributed by atoms with van der Waals surface area (Å²) in [4.78, 5) is 14.0. The second kappa shape index (κ2) is 5.69. The first-order valence-electron chi connectivity index (χ1n) is 7.03. The van der Waals surface area contributed by atoms with Gasteiger partial charge in [-0.25, -0.2) is 0 Å². The molecule has 1 heterocycles. The van der Waals surface area contributed by atoms with Gasteiger partial charge in [0.1, 0.15) is 0 Å². The van der Waals surface area contributed by atoms with Crippen LogP contribution in [0.3, 0.4) is 0 Å². The molecule has 1 aliphatic heterocycles. The molecule has 0 aromatic rings. The summed E-state index contributed by atoms with van der Waals surface area (Å²) in [6.07, 6.45) is -2.48. The second-order valence-electron chi connectivity index (χ2n) is 5.48. The molecule has 3 nitrogen and oxygen atoms in total. The maximum absolute atomic E-state index is 13.0. The van der Waals surface area contributed by atoms with Gasteiger partial charge in [0.15, 0.2) is 0 Å². The van der Waals surface area contributed by atoms with E-state index in [1.54, 1.807) is 4.90 Å². The third-order valence-electron chi connectivity index (χ3n) is 4.33. The molecule has 1 N–H and O–H groups in total. The minimum Gasteiger partial charge on any atom is -0.337 e. The van der Waals surface area contributed by atoms with Crippen LogP contribution in [0.1, 0.15) is 32.6 Å². The monoisotopic (exact) mass is 278 g/mol. The summed E-state index contributed by atoms with van der Waals surface area (Å²) < 4.78 is 39.1. The van der Waals surface area contributed by atoms with Crippen LogP contribution in [-0.4, -0.2) is 42.7 Å². The number of hydrogen-bond acceptors (Lipinski definition) is 2. The van der Waals surface area contributed by atoms with Crippen molar-refractivity contribution in [3.63, 3.8) is 0 Å². The Morgan fingerprint density at radius 1 is 1.26 bits per heavy atom. The molecular formula is C13H21F3N2O. The van der Waals surface area contributed by atoms with Crippen molar-refractivity contribution in [1.29, 1.82) is 0 Å². The van der Waals surface area contributed by atoms with Crippen molar-refractivity contribution in [1.82, 2.24) is 10.2 Å². The first-order chi connectivity index (χ1) is 8.95. The normalized spacial score (nSPS) is 28.8. The zero-order valence-electron chi connectivity index (χ0n) is 11.2. The number of amides is 1. The molecule has 0 aromatic carbocycles. The van der Waals surface area contributed by atoms with Crippen molar-refractivity contribution in [2.45, 2.75) is 44.8 Å². The SMILES string of the molecule is CCN(C(=O)C1CCCCC1C(F)(F)F)C1CNC1. The third-order valence-corrected chi connectivity index (χ3v) is 4.33. The topological polar surface area (TPSA) is 32.3 Å². The quantitative estimate of drug-likeness (QED) is 0.858. The van der Waals surface area contributed by atoms with Gasteiger partial charge in [-0.05, 0) is 19.8 Å². The predicted octanol–water partition coefficient (Wildman–Crippen LogP) is 2.18. The van der Waals surface area contributed by atoms with Crippen molar-refractivity contribution in [3.8, 4) is 0 Å². The summed E-state index contributed by atoms with van der Waals surface area (Å²) in [6, 6.07) is 0.0771. The summed E-state index contributed by atoms with van der Waals surface area (Å²) in [5, 5.41) is 3.06. The van der Waals surface area contributed by atoms with Crippen LogP contribution in [0, 0.1) is 11.8 Å². The maximum atomic E-state index is 13.0. The highest BCUT2D eigenvalue weighted by Gasteiger charge is 2.49. The number of nitrogens with zero attached hydrogens (tertiary/aromatic N) is 1. The molecule has 2 fully saturated rings. The molecule has 19 heavy (non-hydrogen) atoms. The van der Waals surface area contributed by atoms with E-state index in [1.807, 2.05) is 6.92 Å². The fraction of sp³-hybridized carbons (Fsp3) is 0.923. The summed E-state index contributed by atoms with van der Waals surface area (Å²) in [5.74, 6) is -2.61. The number of halogens is 3. The average Bonchev–Trinajstić information content (AvgIpc) is 2.31. The summed E-state index contributed by atoms with van der Waals surface area (Å²) in [6.45, 7) is 3.72. The first kappa shape index (κ1) is 14.6. The van der Waals surface area contributed by atoms with Gasteiger partial charge in [0.05, 0.1) is 12.0 Å². The van der Waals surface area contributed by atoms with Gasteiger partial charge in [-0.2, -0.15) is 13.2 Å². The molecule has 0 radical (unpaired) electrons. The Balaban J connectivity index is 2.09. The van der Waals surface area contributed by atoms with Crippen molar-refractivity contribution >= 4 is 5.91 Å². The zero-order valence-corrected chi connectivity index (χ0v) is 11.2. The predicted molar refractivity (Wildman–Crippen MR) is 65.5 cm³/mol. The summed E-state index contributed by atoms with van der Waals surface area (Å²) in [7, 11) is 0. The van der Waals surface area contributed by atoms with E-state index in [2.05, 4.69) is 5.32 Å². The Labute approximate surface area is 111 Å². The molecule has 1 saturated heterocycles. The number of likely N-dealkylation sites (N-methyl/N-ethyl adjacent to an activating group) is 1. The lowest BCUT2D eigenvalue weighted by atomic mass is 9.77. The second-order valence-corrected chi connectivity index (χ2v) is 5.48. The van der Waals surface area contributed by atoms with Crippen LogP contribution >= 0.6 is 0 Å². The largest absolute Gasteiger partial charge is 0.392 e. The van der Waals surface area contributed by atoms with Crippen molar-refractivity contribution in [3.05, 3.63) is 0 Å². The van der Waals surface area contributed by atoms with Gasteiger partial charge < -0.3 is 10.2 Å². The first-order valence-corrected chi connectivity index (χ1v) is 7.03. The molecule has 6 heteroatoms. The Hall–Kier alpha value is -0.780. The van der Waals surface area contributed by atoms with E-state index in [-0.39, 0.29) is 18.4 Å². The number of carbonyl (C=O) groups is 1. The molecule has 0 bridgehead atoms. The number of alkyl halides is 3. The molecule has 2 aliphatic rings. The Kier molecular flexibility index (Phi) is 4.38. The van der Waals surface area contributed by atoms with Gasteiger partial charge in [0.25, 0.3) is 0 Å². The van der Waals surface area contributed by atoms with Crippen LogP contribution in [0.5, 0.6) is 0 Å². The average molecular weight is 278 g/mol. The standard InChI is InChI=1S/C13H21F3N2O/c1-2-18(9-7-17-8-9)12(19)10-5-3-4-6-11(10)13(14,15)16/h9-11,17H,2-8H2,1H3. The lowest BCUT2D eigenvalue weighted by Gasteiger charge is -2.42. The van der Waals surface area contributed by atoms with Crippen LogP contribution in [0.4, 0.5) is 13.2 Å². The van der Waals surface area contributed by atoms with E-state index in [9.17, 15) is 18.0 Å². The maximum Gasteiger partial charge on any atom is 0.392 e. The third kappa shape index (κ3) is 3.04. The van der Waals surface area contributed by atoms with Crippen LogP contribution in [0.15, 0.2) is 0 Å². The molecule has 0 spiro atoms. The van der Waals surface area contributed by atoms with Crippen LogP contribution in [-0.2, 0) is 4.79 Å². The molecule has 1 amide bonds. The van der Waals surface area contributed by atoms with Gasteiger partial charge >= 0.3 is 6.18 Å². The van der Waals surface area contributed by atoms with E-state index in [0.717, 1.165) is 6.42 Å². The Morgan fingerprint density at radius 2 is 1.89 bits per heavy atom. The van der Waals surface area contributed by atoms with Gasteiger partial charge in [-0.15, -0.1) is 0 Å². The number of hydrogen-bond donors (Lipinski definition) is 1. The molecular weight excluding hydrogens is 257 g/mol. The lowest BCUT2D eigenvalue weighted by Crippen LogP contribution is -2.60. The Bertz CT molecular complexity index is 328. The number of rotatable bonds is 3. The van der Waals surface area contributed by atoms with Gasteiger partial charge in [0, 0.05) is 25.6 Å². The molecule has 1 saturated carbocycles. The van der Waals surface area contributed by atoms with Crippen molar-refractivity contribution in [2.75, 3.05) is 19.6 Å². The van der Waals surface area contributed by atoms with E-state index in [4.69, 9.17) is 0 Å². The summed E-state index contributed by atoms with van der Waals surface area (Å²) in [5.41, 5.74) is 0. The molecule has 0 aromatic heterocycles. The number of carbonyl (C=O) groups excluding carboxylic acids is 1. The molecule has 2 unspecified atom stereocenters. The minimum atomic E-state index is -4.25. The van der Waals surface area contributed by atoms with E-state index in [0.29, 0.717) is 32.5 Å². The molecule has 110 valence electrons.